The molecule has 0 atom stereocenters. The Kier molecular flexibility index (Phi) is 8.56. The van der Waals surface area contributed by atoms with Crippen LogP contribution in [0, 0.1) is 5.82 Å². The maximum absolute atomic E-state index is 13.6. The zero-order chi connectivity index (χ0) is 21.9. The van der Waals surface area contributed by atoms with Gasteiger partial charge in [-0.25, -0.2) is 14.0 Å². The van der Waals surface area contributed by atoms with Gasteiger partial charge in [-0.15, -0.1) is 0 Å². The van der Waals surface area contributed by atoms with Crippen LogP contribution in [0.15, 0.2) is 48.5 Å². The average Bonchev–Trinajstić information content (AvgIpc) is 2.75. The van der Waals surface area contributed by atoms with Crippen molar-refractivity contribution in [1.29, 1.82) is 0 Å². The second-order valence-corrected chi connectivity index (χ2v) is 6.10. The van der Waals surface area contributed by atoms with Crippen molar-refractivity contribution in [3.05, 3.63) is 65.5 Å². The van der Waals surface area contributed by atoms with E-state index in [1.807, 2.05) is 6.92 Å². The fourth-order valence-electron chi connectivity index (χ4n) is 2.30. The summed E-state index contributed by atoms with van der Waals surface area (Å²) in [6.07, 6.45) is 3.18. The van der Waals surface area contributed by atoms with Crippen LogP contribution in [0.2, 0.25) is 0 Å². The molecule has 0 saturated heterocycles. The monoisotopic (exact) mass is 415 g/mol. The van der Waals surface area contributed by atoms with Gasteiger partial charge in [0.05, 0.1) is 19.3 Å². The Hall–Kier alpha value is -3.68. The minimum atomic E-state index is -0.754. The molecule has 2 rings (SSSR count). The molecule has 0 bridgehead atoms. The van der Waals surface area contributed by atoms with E-state index in [2.05, 4.69) is 5.32 Å². The van der Waals surface area contributed by atoms with Gasteiger partial charge >= 0.3 is 11.9 Å². The Balaban J connectivity index is 1.80. The van der Waals surface area contributed by atoms with Crippen molar-refractivity contribution in [3.63, 3.8) is 0 Å². The second-order valence-electron chi connectivity index (χ2n) is 6.10. The highest BCUT2D eigenvalue weighted by Gasteiger charge is 2.09. The molecule has 2 aromatic carbocycles. The van der Waals surface area contributed by atoms with Crippen molar-refractivity contribution in [3.8, 4) is 5.75 Å². The summed E-state index contributed by atoms with van der Waals surface area (Å²) in [4.78, 5) is 35.4. The van der Waals surface area contributed by atoms with Gasteiger partial charge in [0.15, 0.2) is 18.2 Å². The van der Waals surface area contributed by atoms with Crippen LogP contribution >= 0.6 is 0 Å². The van der Waals surface area contributed by atoms with E-state index in [1.54, 1.807) is 18.2 Å². The molecular formula is C22H22FNO6. The molecule has 0 spiro atoms. The number of carbonyl (C=O) groups excluding carboxylic acids is 3. The van der Waals surface area contributed by atoms with Gasteiger partial charge in [0.2, 0.25) is 0 Å². The molecule has 8 heteroatoms. The molecule has 0 aromatic heterocycles. The van der Waals surface area contributed by atoms with Gasteiger partial charge in [-0.1, -0.05) is 13.0 Å². The summed E-state index contributed by atoms with van der Waals surface area (Å²) in [5.74, 6) is -2.20. The van der Waals surface area contributed by atoms with Crippen LogP contribution in [0.1, 0.15) is 29.3 Å². The van der Waals surface area contributed by atoms with Crippen LogP contribution in [0.4, 0.5) is 10.1 Å². The quantitative estimate of drug-likeness (QED) is 0.497. The highest BCUT2D eigenvalue weighted by Crippen LogP contribution is 2.18. The van der Waals surface area contributed by atoms with Crippen LogP contribution in [0.3, 0.4) is 0 Å². The van der Waals surface area contributed by atoms with Crippen LogP contribution in [-0.2, 0) is 19.1 Å². The standard InChI is InChI=1S/C22H22FNO6/c1-3-12-29-22(27)16-6-8-17(9-7-16)24-20(25)14-30-21(26)11-5-15-4-10-19(28-2)18(23)13-15/h4-11,13H,3,12,14H2,1-2H3,(H,24,25)/b11-5+. The summed E-state index contributed by atoms with van der Waals surface area (Å²) < 4.78 is 28.3. The van der Waals surface area contributed by atoms with E-state index >= 15 is 0 Å². The van der Waals surface area contributed by atoms with Crippen LogP contribution in [0.25, 0.3) is 6.08 Å². The Bertz CT molecular complexity index is 924. The smallest absolute Gasteiger partial charge is 0.338 e. The van der Waals surface area contributed by atoms with E-state index in [-0.39, 0.29) is 5.75 Å². The number of hydrogen-bond acceptors (Lipinski definition) is 6. The number of methoxy groups -OCH3 is 1. The first-order valence-corrected chi connectivity index (χ1v) is 9.18. The summed E-state index contributed by atoms with van der Waals surface area (Å²) in [6, 6.07) is 10.3. The van der Waals surface area contributed by atoms with Gasteiger partial charge in [-0.2, -0.15) is 0 Å². The average molecular weight is 415 g/mol. The van der Waals surface area contributed by atoms with E-state index in [0.29, 0.717) is 23.4 Å². The fourth-order valence-corrected chi connectivity index (χ4v) is 2.30. The summed E-state index contributed by atoms with van der Waals surface area (Å²) in [5.41, 5.74) is 1.24. The Morgan fingerprint density at radius 1 is 1.07 bits per heavy atom. The molecule has 0 heterocycles. The van der Waals surface area contributed by atoms with E-state index in [9.17, 15) is 18.8 Å². The predicted molar refractivity (Wildman–Crippen MR) is 109 cm³/mol. The maximum Gasteiger partial charge on any atom is 0.338 e. The minimum absolute atomic E-state index is 0.0947. The van der Waals surface area contributed by atoms with Gasteiger partial charge in [0, 0.05) is 11.8 Å². The van der Waals surface area contributed by atoms with Crippen LogP contribution in [-0.4, -0.2) is 38.2 Å². The highest BCUT2D eigenvalue weighted by atomic mass is 19.1. The molecule has 0 fully saturated rings. The molecule has 30 heavy (non-hydrogen) atoms. The number of hydrogen-bond donors (Lipinski definition) is 1. The first-order chi connectivity index (χ1) is 14.4. The van der Waals surface area contributed by atoms with E-state index in [4.69, 9.17) is 14.2 Å². The van der Waals surface area contributed by atoms with Gasteiger partial charge < -0.3 is 19.5 Å². The lowest BCUT2D eigenvalue weighted by atomic mass is 10.2. The fraction of sp³-hybridized carbons (Fsp3) is 0.227. The van der Waals surface area contributed by atoms with Gasteiger partial charge in [-0.05, 0) is 54.5 Å². The Labute approximate surface area is 173 Å². The van der Waals surface area contributed by atoms with Crippen molar-refractivity contribution < 1.29 is 33.0 Å². The Morgan fingerprint density at radius 2 is 1.80 bits per heavy atom. The second kappa shape index (κ2) is 11.4. The molecule has 0 aliphatic carbocycles. The molecule has 7 nitrogen and oxygen atoms in total. The van der Waals surface area contributed by atoms with Crippen molar-refractivity contribution in [1.82, 2.24) is 0 Å². The molecule has 0 radical (unpaired) electrons. The van der Waals surface area contributed by atoms with Gasteiger partial charge in [0.25, 0.3) is 5.91 Å². The number of esters is 2. The van der Waals surface area contributed by atoms with Crippen molar-refractivity contribution >= 4 is 29.6 Å². The number of halogens is 1. The largest absolute Gasteiger partial charge is 0.494 e. The van der Waals surface area contributed by atoms with Gasteiger partial charge in [0.1, 0.15) is 0 Å². The molecule has 158 valence electrons. The Morgan fingerprint density at radius 3 is 2.43 bits per heavy atom. The zero-order valence-electron chi connectivity index (χ0n) is 16.6. The van der Waals surface area contributed by atoms with Crippen molar-refractivity contribution in [2.45, 2.75) is 13.3 Å². The SMILES string of the molecule is CCCOC(=O)c1ccc(NC(=O)COC(=O)/C=C/c2ccc(OC)c(F)c2)cc1. The number of anilines is 1. The lowest BCUT2D eigenvalue weighted by Gasteiger charge is -2.07. The third-order valence-electron chi connectivity index (χ3n) is 3.77. The third kappa shape index (κ3) is 7.05. The molecule has 2 aromatic rings. The molecule has 1 amide bonds. The number of nitrogens with one attached hydrogen (secondary N) is 1. The van der Waals surface area contributed by atoms with Crippen LogP contribution < -0.4 is 10.1 Å². The number of benzene rings is 2. The molecular weight excluding hydrogens is 393 g/mol. The number of amides is 1. The molecule has 0 saturated carbocycles. The topological polar surface area (TPSA) is 90.9 Å². The molecule has 0 aliphatic heterocycles. The van der Waals surface area contributed by atoms with E-state index in [1.165, 1.54) is 37.5 Å². The predicted octanol–water partition coefficient (Wildman–Crippen LogP) is 3.60. The normalized spacial score (nSPS) is 10.5. The van der Waals surface area contributed by atoms with Crippen molar-refractivity contribution in [2.24, 2.45) is 0 Å². The lowest BCUT2D eigenvalue weighted by Crippen LogP contribution is -2.20. The summed E-state index contributed by atoms with van der Waals surface area (Å²) in [5, 5.41) is 2.54. The third-order valence-corrected chi connectivity index (χ3v) is 3.77. The number of rotatable bonds is 9. The molecule has 0 aliphatic rings. The minimum Gasteiger partial charge on any atom is -0.494 e. The molecule has 1 N–H and O–H groups in total. The highest BCUT2D eigenvalue weighted by molar-refractivity contribution is 5.95. The van der Waals surface area contributed by atoms with Crippen LogP contribution in [0.5, 0.6) is 5.75 Å². The first-order valence-electron chi connectivity index (χ1n) is 9.18. The van der Waals surface area contributed by atoms with Crippen molar-refractivity contribution in [2.75, 3.05) is 25.6 Å². The van der Waals surface area contributed by atoms with E-state index < -0.39 is 30.3 Å². The maximum atomic E-state index is 13.6. The molecule has 0 unspecified atom stereocenters. The summed E-state index contributed by atoms with van der Waals surface area (Å²) in [7, 11) is 1.35. The number of carbonyl (C=O) groups is 3. The van der Waals surface area contributed by atoms with Gasteiger partial charge in [-0.3, -0.25) is 4.79 Å². The zero-order valence-corrected chi connectivity index (χ0v) is 16.6. The number of ether oxygens (including phenoxy) is 3. The first kappa shape index (κ1) is 22.6. The lowest BCUT2D eigenvalue weighted by molar-refractivity contribution is -0.142. The van der Waals surface area contributed by atoms with E-state index in [0.717, 1.165) is 12.5 Å². The summed E-state index contributed by atoms with van der Waals surface area (Å²) >= 11 is 0. The summed E-state index contributed by atoms with van der Waals surface area (Å²) in [6.45, 7) is 1.73.